The van der Waals surface area contributed by atoms with E-state index in [0.29, 0.717) is 17.3 Å². The van der Waals surface area contributed by atoms with Gasteiger partial charge in [-0.15, -0.1) is 0 Å². The van der Waals surface area contributed by atoms with Crippen LogP contribution >= 0.6 is 0 Å². The van der Waals surface area contributed by atoms with Crippen molar-refractivity contribution in [3.8, 4) is 0 Å². The van der Waals surface area contributed by atoms with Gasteiger partial charge in [-0.05, 0) is 42.5 Å². The van der Waals surface area contributed by atoms with Crippen LogP contribution in [0, 0.1) is 0 Å². The van der Waals surface area contributed by atoms with Gasteiger partial charge in [-0.3, -0.25) is 0 Å². The highest BCUT2D eigenvalue weighted by atomic mass is 19.4. The van der Waals surface area contributed by atoms with Crippen molar-refractivity contribution in [1.82, 2.24) is 9.97 Å². The van der Waals surface area contributed by atoms with E-state index in [1.165, 1.54) is 12.1 Å². The maximum Gasteiger partial charge on any atom is 0.416 e. The highest BCUT2D eigenvalue weighted by Gasteiger charge is 2.29. The van der Waals surface area contributed by atoms with Crippen LogP contribution in [0.5, 0.6) is 0 Å². The molecule has 2 aromatic carbocycles. The van der Waals surface area contributed by atoms with Crippen molar-refractivity contribution in [2.24, 2.45) is 0 Å². The van der Waals surface area contributed by atoms with E-state index in [0.717, 1.165) is 23.2 Å². The van der Waals surface area contributed by atoms with Gasteiger partial charge in [-0.2, -0.15) is 13.2 Å². The maximum absolute atomic E-state index is 12.5. The van der Waals surface area contributed by atoms with Gasteiger partial charge in [0.15, 0.2) is 0 Å². The lowest BCUT2D eigenvalue weighted by Gasteiger charge is -2.07. The fraction of sp³-hybridized carbons (Fsp3) is 0.0714. The minimum absolute atomic E-state index is 0.440. The molecule has 3 rings (SSSR count). The Labute approximate surface area is 117 Å². The molecule has 1 aromatic heterocycles. The van der Waals surface area contributed by atoms with Gasteiger partial charge in [0.25, 0.3) is 0 Å². The molecule has 0 bridgehead atoms. The van der Waals surface area contributed by atoms with Gasteiger partial charge < -0.3 is 16.0 Å². The number of imidazole rings is 1. The van der Waals surface area contributed by atoms with Crippen molar-refractivity contribution < 1.29 is 13.2 Å². The second-order valence-electron chi connectivity index (χ2n) is 4.56. The molecule has 0 fully saturated rings. The monoisotopic (exact) mass is 292 g/mol. The highest BCUT2D eigenvalue weighted by Crippen LogP contribution is 2.30. The molecule has 0 amide bonds. The van der Waals surface area contributed by atoms with Crippen LogP contribution < -0.4 is 11.1 Å². The van der Waals surface area contributed by atoms with E-state index in [2.05, 4.69) is 15.3 Å². The minimum Gasteiger partial charge on any atom is -0.399 e. The van der Waals surface area contributed by atoms with Crippen LogP contribution in [0.15, 0.2) is 42.5 Å². The van der Waals surface area contributed by atoms with Crippen LogP contribution in [0.2, 0.25) is 0 Å². The van der Waals surface area contributed by atoms with Crippen LogP contribution in [0.1, 0.15) is 5.56 Å². The number of nitrogens with one attached hydrogen (secondary N) is 2. The molecule has 0 spiro atoms. The maximum atomic E-state index is 12.5. The van der Waals surface area contributed by atoms with E-state index in [4.69, 9.17) is 5.73 Å². The Bertz CT molecular complexity index is 775. The zero-order valence-corrected chi connectivity index (χ0v) is 10.7. The molecule has 0 saturated heterocycles. The van der Waals surface area contributed by atoms with Crippen molar-refractivity contribution in [1.29, 1.82) is 0 Å². The Morgan fingerprint density at radius 2 is 1.76 bits per heavy atom. The molecule has 0 aliphatic rings. The number of hydrogen-bond acceptors (Lipinski definition) is 3. The first kappa shape index (κ1) is 13.3. The molecule has 0 aliphatic carbocycles. The van der Waals surface area contributed by atoms with Gasteiger partial charge in [-0.25, -0.2) is 4.98 Å². The van der Waals surface area contributed by atoms with Crippen molar-refractivity contribution in [3.63, 3.8) is 0 Å². The molecular weight excluding hydrogens is 281 g/mol. The molecule has 7 heteroatoms. The first-order valence-electron chi connectivity index (χ1n) is 6.11. The summed E-state index contributed by atoms with van der Waals surface area (Å²) in [4.78, 5) is 7.28. The summed E-state index contributed by atoms with van der Waals surface area (Å²) in [6.07, 6.45) is -4.34. The number of halogens is 3. The molecular formula is C14H11F3N4. The largest absolute Gasteiger partial charge is 0.416 e. The van der Waals surface area contributed by atoms with Crippen LogP contribution in [-0.4, -0.2) is 9.97 Å². The number of nitrogens with zero attached hydrogens (tertiary/aromatic N) is 1. The number of nitrogen functional groups attached to an aromatic ring is 1. The average molecular weight is 292 g/mol. The number of H-pyrrole nitrogens is 1. The van der Waals surface area contributed by atoms with Crippen molar-refractivity contribution in [2.45, 2.75) is 6.18 Å². The SMILES string of the molecule is Nc1ccc2nc(Nc3ccc(C(F)(F)F)cc3)[nH]c2c1. The zero-order valence-electron chi connectivity index (χ0n) is 10.7. The average Bonchev–Trinajstić information content (AvgIpc) is 2.79. The number of fused-ring (bicyclic) bond motifs is 1. The number of hydrogen-bond donors (Lipinski definition) is 3. The molecule has 0 saturated carbocycles. The van der Waals surface area contributed by atoms with E-state index in [1.807, 2.05) is 0 Å². The highest BCUT2D eigenvalue weighted by molar-refractivity contribution is 5.81. The summed E-state index contributed by atoms with van der Waals surface area (Å²) in [6.45, 7) is 0. The zero-order chi connectivity index (χ0) is 15.0. The minimum atomic E-state index is -4.34. The summed E-state index contributed by atoms with van der Waals surface area (Å²) in [6, 6.07) is 9.96. The van der Waals surface area contributed by atoms with Crippen LogP contribution in [0.25, 0.3) is 11.0 Å². The second kappa shape index (κ2) is 4.69. The smallest absolute Gasteiger partial charge is 0.399 e. The van der Waals surface area contributed by atoms with Crippen LogP contribution in [-0.2, 0) is 6.18 Å². The first-order valence-corrected chi connectivity index (χ1v) is 6.11. The summed E-state index contributed by atoms with van der Waals surface area (Å²) < 4.78 is 37.4. The molecule has 3 aromatic rings. The summed E-state index contributed by atoms with van der Waals surface area (Å²) in [5.74, 6) is 0.440. The number of alkyl halides is 3. The second-order valence-corrected chi connectivity index (χ2v) is 4.56. The number of aromatic amines is 1. The van der Waals surface area contributed by atoms with Gasteiger partial charge in [-0.1, -0.05) is 0 Å². The number of anilines is 3. The quantitative estimate of drug-likeness (QED) is 0.627. The molecule has 4 N–H and O–H groups in total. The predicted molar refractivity (Wildman–Crippen MR) is 75.2 cm³/mol. The van der Waals surface area contributed by atoms with Crippen molar-refractivity contribution in [3.05, 3.63) is 48.0 Å². The third kappa shape index (κ3) is 2.76. The molecule has 0 radical (unpaired) electrons. The third-order valence-electron chi connectivity index (χ3n) is 2.98. The van der Waals surface area contributed by atoms with Gasteiger partial charge in [0.1, 0.15) is 0 Å². The van der Waals surface area contributed by atoms with E-state index in [1.54, 1.807) is 18.2 Å². The van der Waals surface area contributed by atoms with Crippen LogP contribution in [0.3, 0.4) is 0 Å². The summed E-state index contributed by atoms with van der Waals surface area (Å²) in [5, 5.41) is 2.92. The van der Waals surface area contributed by atoms with E-state index < -0.39 is 11.7 Å². The molecule has 21 heavy (non-hydrogen) atoms. The normalized spacial score (nSPS) is 11.8. The molecule has 108 valence electrons. The Morgan fingerprint density at radius 3 is 2.43 bits per heavy atom. The van der Waals surface area contributed by atoms with Gasteiger partial charge in [0.2, 0.25) is 5.95 Å². The van der Waals surface area contributed by atoms with Gasteiger partial charge in [0, 0.05) is 11.4 Å². The lowest BCUT2D eigenvalue weighted by molar-refractivity contribution is -0.137. The number of rotatable bonds is 2. The topological polar surface area (TPSA) is 66.7 Å². The Kier molecular flexibility index (Phi) is 2.97. The first-order chi connectivity index (χ1) is 9.91. The third-order valence-corrected chi connectivity index (χ3v) is 2.98. The molecule has 1 heterocycles. The van der Waals surface area contributed by atoms with Crippen molar-refractivity contribution >= 4 is 28.4 Å². The summed E-state index contributed by atoms with van der Waals surface area (Å²) in [5.41, 5.74) is 7.57. The Balaban J connectivity index is 1.84. The predicted octanol–water partition coefficient (Wildman–Crippen LogP) is 3.91. The summed E-state index contributed by atoms with van der Waals surface area (Å²) in [7, 11) is 0. The van der Waals surface area contributed by atoms with E-state index in [9.17, 15) is 13.2 Å². The lowest BCUT2D eigenvalue weighted by atomic mass is 10.2. The van der Waals surface area contributed by atoms with E-state index >= 15 is 0 Å². The van der Waals surface area contributed by atoms with Crippen molar-refractivity contribution in [2.75, 3.05) is 11.1 Å². The Hall–Kier alpha value is -2.70. The van der Waals surface area contributed by atoms with Gasteiger partial charge in [0.05, 0.1) is 16.6 Å². The standard InChI is InChI=1S/C14H11F3N4/c15-14(16,17)8-1-4-10(5-2-8)19-13-20-11-6-3-9(18)7-12(11)21-13/h1-7H,18H2,(H2,19,20,21). The summed E-state index contributed by atoms with van der Waals surface area (Å²) >= 11 is 0. The fourth-order valence-corrected chi connectivity index (χ4v) is 1.97. The van der Waals surface area contributed by atoms with Gasteiger partial charge >= 0.3 is 6.18 Å². The molecule has 0 unspecified atom stereocenters. The van der Waals surface area contributed by atoms with Crippen LogP contribution in [0.4, 0.5) is 30.5 Å². The number of nitrogens with two attached hydrogens (primary N) is 1. The number of benzene rings is 2. The lowest BCUT2D eigenvalue weighted by Crippen LogP contribution is -2.04. The Morgan fingerprint density at radius 1 is 1.05 bits per heavy atom. The molecule has 0 aliphatic heterocycles. The number of aromatic nitrogens is 2. The molecule has 4 nitrogen and oxygen atoms in total. The van der Waals surface area contributed by atoms with E-state index in [-0.39, 0.29) is 0 Å². The molecule has 0 atom stereocenters. The fourth-order valence-electron chi connectivity index (χ4n) is 1.97.